The van der Waals surface area contributed by atoms with Gasteiger partial charge in [0, 0.05) is 12.6 Å². The first kappa shape index (κ1) is 14.0. The van der Waals surface area contributed by atoms with Gasteiger partial charge in [-0.15, -0.1) is 0 Å². The summed E-state index contributed by atoms with van der Waals surface area (Å²) in [7, 11) is 0. The van der Waals surface area contributed by atoms with Crippen molar-refractivity contribution in [2.75, 3.05) is 6.54 Å². The molecular formula is C12H22N2O3. The molecule has 1 unspecified atom stereocenters. The molecule has 0 spiro atoms. The summed E-state index contributed by atoms with van der Waals surface area (Å²) >= 11 is 0. The molecule has 0 bridgehead atoms. The molecule has 17 heavy (non-hydrogen) atoms. The Morgan fingerprint density at radius 1 is 1.53 bits per heavy atom. The van der Waals surface area contributed by atoms with Gasteiger partial charge in [0.15, 0.2) is 0 Å². The highest BCUT2D eigenvalue weighted by Gasteiger charge is 2.32. The lowest BCUT2D eigenvalue weighted by atomic mass is 10.1. The van der Waals surface area contributed by atoms with Crippen LogP contribution in [0.25, 0.3) is 0 Å². The lowest BCUT2D eigenvalue weighted by molar-refractivity contribution is -0.140. The minimum Gasteiger partial charge on any atom is -0.481 e. The summed E-state index contributed by atoms with van der Waals surface area (Å²) in [5.41, 5.74) is 5.84. The Morgan fingerprint density at radius 3 is 2.82 bits per heavy atom. The predicted octanol–water partition coefficient (Wildman–Crippen LogP) is 0.970. The van der Waals surface area contributed by atoms with Gasteiger partial charge in [0.2, 0.25) is 5.91 Å². The van der Waals surface area contributed by atoms with Crippen molar-refractivity contribution in [1.29, 1.82) is 0 Å². The van der Waals surface area contributed by atoms with Gasteiger partial charge in [0.05, 0.1) is 12.5 Å². The molecule has 2 atom stereocenters. The molecule has 1 fully saturated rings. The van der Waals surface area contributed by atoms with E-state index in [9.17, 15) is 9.59 Å². The van der Waals surface area contributed by atoms with Crippen molar-refractivity contribution in [2.24, 2.45) is 5.73 Å². The van der Waals surface area contributed by atoms with Crippen LogP contribution in [-0.2, 0) is 9.59 Å². The third-order valence-electron chi connectivity index (χ3n) is 3.26. The molecule has 0 aromatic carbocycles. The normalized spacial score (nSPS) is 21.5. The molecule has 0 aliphatic carbocycles. The van der Waals surface area contributed by atoms with E-state index in [2.05, 4.69) is 6.92 Å². The number of carbonyl (C=O) groups excluding carboxylic acids is 1. The summed E-state index contributed by atoms with van der Waals surface area (Å²) in [4.78, 5) is 24.4. The zero-order valence-electron chi connectivity index (χ0n) is 10.4. The Balaban J connectivity index is 2.51. The Morgan fingerprint density at radius 2 is 2.24 bits per heavy atom. The van der Waals surface area contributed by atoms with Crippen LogP contribution in [0.2, 0.25) is 0 Å². The van der Waals surface area contributed by atoms with Crippen molar-refractivity contribution >= 4 is 11.9 Å². The number of aliphatic carboxylic acids is 1. The van der Waals surface area contributed by atoms with Gasteiger partial charge < -0.3 is 15.7 Å². The minimum atomic E-state index is -0.850. The van der Waals surface area contributed by atoms with Gasteiger partial charge in [-0.05, 0) is 19.3 Å². The van der Waals surface area contributed by atoms with E-state index in [1.54, 1.807) is 4.90 Å². The first-order valence-electron chi connectivity index (χ1n) is 6.34. The fourth-order valence-electron chi connectivity index (χ4n) is 2.30. The van der Waals surface area contributed by atoms with Crippen LogP contribution in [0, 0.1) is 0 Å². The molecule has 0 radical (unpaired) electrons. The molecule has 1 saturated heterocycles. The van der Waals surface area contributed by atoms with Crippen LogP contribution in [0.15, 0.2) is 0 Å². The molecule has 0 aromatic rings. The monoisotopic (exact) mass is 242 g/mol. The van der Waals surface area contributed by atoms with Crippen molar-refractivity contribution < 1.29 is 14.7 Å². The van der Waals surface area contributed by atoms with E-state index in [0.29, 0.717) is 13.0 Å². The summed E-state index contributed by atoms with van der Waals surface area (Å²) in [5.74, 6) is -0.931. The molecular weight excluding hydrogens is 220 g/mol. The van der Waals surface area contributed by atoms with Crippen molar-refractivity contribution in [3.8, 4) is 0 Å². The third kappa shape index (κ3) is 4.00. The second-order valence-corrected chi connectivity index (χ2v) is 4.67. The second-order valence-electron chi connectivity index (χ2n) is 4.67. The third-order valence-corrected chi connectivity index (χ3v) is 3.26. The van der Waals surface area contributed by atoms with E-state index in [1.807, 2.05) is 0 Å². The Bertz CT molecular complexity index is 281. The molecule has 3 N–H and O–H groups in total. The standard InChI is InChI=1S/C12H22N2O3/c1-2-3-6-10(13)12(17)14-7-4-5-9(14)8-11(15)16/h9-10H,2-8,13H2,1H3,(H,15,16)/t9?,10-/m0/s1. The van der Waals surface area contributed by atoms with Crippen molar-refractivity contribution in [2.45, 2.75) is 57.5 Å². The van der Waals surface area contributed by atoms with Gasteiger partial charge in [0.25, 0.3) is 0 Å². The van der Waals surface area contributed by atoms with Crippen LogP contribution >= 0.6 is 0 Å². The fourth-order valence-corrected chi connectivity index (χ4v) is 2.30. The number of hydrogen-bond acceptors (Lipinski definition) is 3. The number of carbonyl (C=O) groups is 2. The van der Waals surface area contributed by atoms with Crippen LogP contribution < -0.4 is 5.73 Å². The van der Waals surface area contributed by atoms with Gasteiger partial charge in [0.1, 0.15) is 0 Å². The summed E-state index contributed by atoms with van der Waals surface area (Å²) in [5, 5.41) is 8.78. The Hall–Kier alpha value is -1.10. The average molecular weight is 242 g/mol. The van der Waals surface area contributed by atoms with Crippen LogP contribution in [0.4, 0.5) is 0 Å². The molecule has 5 heteroatoms. The molecule has 1 aliphatic heterocycles. The summed E-state index contributed by atoms with van der Waals surface area (Å²) in [6, 6.07) is -0.628. The highest BCUT2D eigenvalue weighted by Crippen LogP contribution is 2.21. The number of rotatable bonds is 6. The van der Waals surface area contributed by atoms with Crippen LogP contribution in [0.5, 0.6) is 0 Å². The van der Waals surface area contributed by atoms with Crippen molar-refractivity contribution in [3.63, 3.8) is 0 Å². The second kappa shape index (κ2) is 6.59. The topological polar surface area (TPSA) is 83.6 Å². The van der Waals surface area contributed by atoms with Gasteiger partial charge in [-0.25, -0.2) is 0 Å². The lowest BCUT2D eigenvalue weighted by Crippen LogP contribution is -2.46. The molecule has 1 amide bonds. The van der Waals surface area contributed by atoms with Crippen LogP contribution in [0.1, 0.15) is 45.4 Å². The zero-order chi connectivity index (χ0) is 12.8. The van der Waals surface area contributed by atoms with Crippen molar-refractivity contribution in [1.82, 2.24) is 4.90 Å². The minimum absolute atomic E-state index is 0.0340. The summed E-state index contributed by atoms with van der Waals surface area (Å²) in [6.45, 7) is 2.71. The maximum Gasteiger partial charge on any atom is 0.305 e. The number of likely N-dealkylation sites (tertiary alicyclic amines) is 1. The largest absolute Gasteiger partial charge is 0.481 e. The fraction of sp³-hybridized carbons (Fsp3) is 0.833. The molecule has 5 nitrogen and oxygen atoms in total. The molecule has 1 heterocycles. The van der Waals surface area contributed by atoms with E-state index in [0.717, 1.165) is 25.7 Å². The summed E-state index contributed by atoms with van der Waals surface area (Å²) in [6.07, 6.45) is 4.32. The zero-order valence-corrected chi connectivity index (χ0v) is 10.4. The molecule has 98 valence electrons. The first-order chi connectivity index (χ1) is 8.06. The van der Waals surface area contributed by atoms with Gasteiger partial charge in [-0.1, -0.05) is 19.8 Å². The maximum absolute atomic E-state index is 12.1. The van der Waals surface area contributed by atoms with Gasteiger partial charge in [-0.2, -0.15) is 0 Å². The number of carboxylic acids is 1. The molecule has 0 saturated carbocycles. The van der Waals surface area contributed by atoms with Gasteiger partial charge in [-0.3, -0.25) is 9.59 Å². The predicted molar refractivity (Wildman–Crippen MR) is 64.5 cm³/mol. The average Bonchev–Trinajstić information content (AvgIpc) is 2.71. The van der Waals surface area contributed by atoms with E-state index >= 15 is 0 Å². The highest BCUT2D eigenvalue weighted by molar-refractivity contribution is 5.82. The Kier molecular flexibility index (Phi) is 5.41. The lowest BCUT2D eigenvalue weighted by Gasteiger charge is -2.26. The van der Waals surface area contributed by atoms with E-state index in [4.69, 9.17) is 10.8 Å². The number of nitrogens with zero attached hydrogens (tertiary/aromatic N) is 1. The first-order valence-corrected chi connectivity index (χ1v) is 6.34. The molecule has 1 aliphatic rings. The van der Waals surface area contributed by atoms with E-state index in [-0.39, 0.29) is 18.4 Å². The maximum atomic E-state index is 12.1. The number of amides is 1. The SMILES string of the molecule is CCCC[C@H](N)C(=O)N1CCCC1CC(=O)O. The van der Waals surface area contributed by atoms with E-state index < -0.39 is 12.0 Å². The van der Waals surface area contributed by atoms with Crippen molar-refractivity contribution in [3.05, 3.63) is 0 Å². The quantitative estimate of drug-likeness (QED) is 0.727. The van der Waals surface area contributed by atoms with Crippen LogP contribution in [0.3, 0.4) is 0 Å². The smallest absolute Gasteiger partial charge is 0.305 e. The number of unbranched alkanes of at least 4 members (excludes halogenated alkanes) is 1. The number of carboxylic acid groups (broad SMARTS) is 1. The van der Waals surface area contributed by atoms with Crippen LogP contribution in [-0.4, -0.2) is 40.5 Å². The highest BCUT2D eigenvalue weighted by atomic mass is 16.4. The number of nitrogens with two attached hydrogens (primary N) is 1. The summed E-state index contributed by atoms with van der Waals surface area (Å²) < 4.78 is 0. The van der Waals surface area contributed by atoms with E-state index in [1.165, 1.54) is 0 Å². The molecule has 1 rings (SSSR count). The number of hydrogen-bond donors (Lipinski definition) is 2. The Labute approximate surface area is 102 Å². The van der Waals surface area contributed by atoms with Gasteiger partial charge >= 0.3 is 5.97 Å². The molecule has 0 aromatic heterocycles.